The molecule has 19 heavy (non-hydrogen) atoms. The summed E-state index contributed by atoms with van der Waals surface area (Å²) in [5.41, 5.74) is 1.95. The van der Waals surface area contributed by atoms with E-state index in [4.69, 9.17) is 9.47 Å². The van der Waals surface area contributed by atoms with Crippen LogP contribution in [0.4, 0.5) is 0 Å². The summed E-state index contributed by atoms with van der Waals surface area (Å²) in [6, 6.07) is 3.95. The van der Waals surface area contributed by atoms with Gasteiger partial charge in [0.15, 0.2) is 11.5 Å². The Hall–Kier alpha value is -1.75. The first-order valence-electron chi connectivity index (χ1n) is 6.65. The molecular weight excluding hydrogens is 242 g/mol. The second-order valence-corrected chi connectivity index (χ2v) is 5.10. The van der Waals surface area contributed by atoms with E-state index in [9.17, 15) is 0 Å². The minimum absolute atomic E-state index is 0.705. The van der Waals surface area contributed by atoms with Gasteiger partial charge in [-0.1, -0.05) is 0 Å². The Balaban J connectivity index is 1.90. The lowest BCUT2D eigenvalue weighted by Crippen LogP contribution is -2.15. The fourth-order valence-electron chi connectivity index (χ4n) is 2.17. The molecule has 2 aromatic rings. The molecule has 0 unspecified atom stereocenters. The van der Waals surface area contributed by atoms with Crippen molar-refractivity contribution in [3.05, 3.63) is 18.0 Å². The molecule has 2 heterocycles. The molecule has 3 rings (SSSR count). The van der Waals surface area contributed by atoms with Gasteiger partial charge in [0.2, 0.25) is 0 Å². The fraction of sp³-hybridized carbons (Fsp3) is 0.500. The van der Waals surface area contributed by atoms with E-state index < -0.39 is 0 Å². The first-order chi connectivity index (χ1) is 9.22. The van der Waals surface area contributed by atoms with Gasteiger partial charge in [0.25, 0.3) is 0 Å². The standard InChI is InChI=1S/C14H19N3O2/c1-17(2)5-4-14-15-10-8-12-13(9-11(10)16-14)19-7-3-6-18-12/h8-9H,3-7H2,1-2H3,(H,15,16). The lowest BCUT2D eigenvalue weighted by atomic mass is 10.3. The predicted octanol–water partition coefficient (Wildman–Crippen LogP) is 1.83. The van der Waals surface area contributed by atoms with Crippen molar-refractivity contribution in [2.75, 3.05) is 33.9 Å². The molecule has 0 saturated carbocycles. The van der Waals surface area contributed by atoms with E-state index in [0.717, 1.165) is 47.7 Å². The zero-order valence-corrected chi connectivity index (χ0v) is 11.4. The third-order valence-corrected chi connectivity index (χ3v) is 3.20. The minimum atomic E-state index is 0.705. The van der Waals surface area contributed by atoms with Crippen molar-refractivity contribution in [1.29, 1.82) is 0 Å². The number of rotatable bonds is 3. The van der Waals surface area contributed by atoms with Crippen molar-refractivity contribution in [3.63, 3.8) is 0 Å². The van der Waals surface area contributed by atoms with Crippen LogP contribution >= 0.6 is 0 Å². The van der Waals surface area contributed by atoms with Crippen LogP contribution in [-0.4, -0.2) is 48.7 Å². The van der Waals surface area contributed by atoms with Gasteiger partial charge in [0.05, 0.1) is 24.2 Å². The molecule has 0 amide bonds. The largest absolute Gasteiger partial charge is 0.489 e. The highest BCUT2D eigenvalue weighted by Gasteiger charge is 2.13. The van der Waals surface area contributed by atoms with Crippen molar-refractivity contribution in [1.82, 2.24) is 14.9 Å². The second-order valence-electron chi connectivity index (χ2n) is 5.10. The Bertz CT molecular complexity index is 534. The van der Waals surface area contributed by atoms with E-state index in [1.54, 1.807) is 0 Å². The molecular formula is C14H19N3O2. The number of nitrogens with one attached hydrogen (secondary N) is 1. The number of ether oxygens (including phenoxy) is 2. The van der Waals surface area contributed by atoms with E-state index in [2.05, 4.69) is 29.0 Å². The van der Waals surface area contributed by atoms with Gasteiger partial charge in [0.1, 0.15) is 5.82 Å². The molecule has 1 N–H and O–H groups in total. The Morgan fingerprint density at radius 1 is 1.21 bits per heavy atom. The minimum Gasteiger partial charge on any atom is -0.489 e. The molecule has 1 aromatic heterocycles. The van der Waals surface area contributed by atoms with E-state index in [1.807, 2.05) is 12.1 Å². The summed E-state index contributed by atoms with van der Waals surface area (Å²) in [5, 5.41) is 0. The zero-order valence-electron chi connectivity index (χ0n) is 11.4. The molecule has 0 aliphatic carbocycles. The van der Waals surface area contributed by atoms with Gasteiger partial charge in [-0.15, -0.1) is 0 Å². The predicted molar refractivity (Wildman–Crippen MR) is 74.0 cm³/mol. The number of aromatic amines is 1. The smallest absolute Gasteiger partial charge is 0.163 e. The summed E-state index contributed by atoms with van der Waals surface area (Å²) in [6.45, 7) is 2.39. The topological polar surface area (TPSA) is 50.4 Å². The lowest BCUT2D eigenvalue weighted by Gasteiger charge is -2.06. The summed E-state index contributed by atoms with van der Waals surface area (Å²) in [6.07, 6.45) is 1.83. The lowest BCUT2D eigenvalue weighted by molar-refractivity contribution is 0.297. The molecule has 0 saturated heterocycles. The maximum atomic E-state index is 5.68. The highest BCUT2D eigenvalue weighted by Crippen LogP contribution is 2.33. The van der Waals surface area contributed by atoms with Crippen LogP contribution in [0.25, 0.3) is 11.0 Å². The van der Waals surface area contributed by atoms with E-state index in [-0.39, 0.29) is 0 Å². The molecule has 0 fully saturated rings. The molecule has 0 radical (unpaired) electrons. The molecule has 1 aromatic carbocycles. The third kappa shape index (κ3) is 2.66. The van der Waals surface area contributed by atoms with Crippen LogP contribution in [0, 0.1) is 0 Å². The van der Waals surface area contributed by atoms with Crippen LogP contribution in [0.5, 0.6) is 11.5 Å². The Morgan fingerprint density at radius 2 is 1.95 bits per heavy atom. The number of likely N-dealkylation sites (N-methyl/N-ethyl adjacent to an activating group) is 1. The maximum absolute atomic E-state index is 5.68. The average molecular weight is 261 g/mol. The number of aromatic nitrogens is 2. The number of hydrogen-bond donors (Lipinski definition) is 1. The SMILES string of the molecule is CN(C)CCc1nc2cc3c(cc2[nH]1)OCCCO3. The van der Waals surface area contributed by atoms with Crippen molar-refractivity contribution in [2.24, 2.45) is 0 Å². The summed E-state index contributed by atoms with van der Waals surface area (Å²) in [7, 11) is 4.12. The van der Waals surface area contributed by atoms with Crippen LogP contribution in [0.2, 0.25) is 0 Å². The molecule has 1 aliphatic rings. The summed E-state index contributed by atoms with van der Waals surface area (Å²) in [4.78, 5) is 10.1. The molecule has 1 aliphatic heterocycles. The number of H-pyrrole nitrogens is 1. The number of hydrogen-bond acceptors (Lipinski definition) is 4. The molecule has 5 nitrogen and oxygen atoms in total. The first-order valence-corrected chi connectivity index (χ1v) is 6.65. The highest BCUT2D eigenvalue weighted by atomic mass is 16.5. The first kappa shape index (κ1) is 12.3. The second kappa shape index (κ2) is 5.09. The van der Waals surface area contributed by atoms with Crippen molar-refractivity contribution < 1.29 is 9.47 Å². The maximum Gasteiger partial charge on any atom is 0.163 e. The molecule has 0 bridgehead atoms. The van der Waals surface area contributed by atoms with Gasteiger partial charge >= 0.3 is 0 Å². The molecule has 0 spiro atoms. The number of nitrogens with zero attached hydrogens (tertiary/aromatic N) is 2. The number of fused-ring (bicyclic) bond motifs is 2. The van der Waals surface area contributed by atoms with Gasteiger partial charge in [-0.3, -0.25) is 0 Å². The quantitative estimate of drug-likeness (QED) is 0.915. The number of imidazole rings is 1. The van der Waals surface area contributed by atoms with Crippen molar-refractivity contribution in [3.8, 4) is 11.5 Å². The number of benzene rings is 1. The molecule has 102 valence electrons. The average Bonchev–Trinajstić information content (AvgIpc) is 2.63. The van der Waals surface area contributed by atoms with Crippen LogP contribution in [0.15, 0.2) is 12.1 Å². The van der Waals surface area contributed by atoms with Crippen LogP contribution in [-0.2, 0) is 6.42 Å². The van der Waals surface area contributed by atoms with Gasteiger partial charge in [0, 0.05) is 31.5 Å². The van der Waals surface area contributed by atoms with Crippen molar-refractivity contribution in [2.45, 2.75) is 12.8 Å². The van der Waals surface area contributed by atoms with Gasteiger partial charge < -0.3 is 19.4 Å². The summed E-state index contributed by atoms with van der Waals surface area (Å²) < 4.78 is 11.4. The van der Waals surface area contributed by atoms with Crippen molar-refractivity contribution >= 4 is 11.0 Å². The Kier molecular flexibility index (Phi) is 3.29. The van der Waals surface area contributed by atoms with Gasteiger partial charge in [-0.2, -0.15) is 0 Å². The Labute approximate surface area is 112 Å². The summed E-state index contributed by atoms with van der Waals surface area (Å²) in [5.74, 6) is 2.62. The monoisotopic (exact) mass is 261 g/mol. The van der Waals surface area contributed by atoms with E-state index in [0.29, 0.717) is 13.2 Å². The van der Waals surface area contributed by atoms with Gasteiger partial charge in [-0.05, 0) is 14.1 Å². The Morgan fingerprint density at radius 3 is 2.68 bits per heavy atom. The van der Waals surface area contributed by atoms with E-state index in [1.165, 1.54) is 0 Å². The van der Waals surface area contributed by atoms with Crippen LogP contribution in [0.3, 0.4) is 0 Å². The summed E-state index contributed by atoms with van der Waals surface area (Å²) >= 11 is 0. The fourth-order valence-corrected chi connectivity index (χ4v) is 2.17. The molecule has 0 atom stereocenters. The van der Waals surface area contributed by atoms with Crippen LogP contribution in [0.1, 0.15) is 12.2 Å². The zero-order chi connectivity index (χ0) is 13.2. The normalized spacial score (nSPS) is 14.9. The van der Waals surface area contributed by atoms with Crippen LogP contribution < -0.4 is 9.47 Å². The third-order valence-electron chi connectivity index (χ3n) is 3.20. The van der Waals surface area contributed by atoms with Gasteiger partial charge in [-0.25, -0.2) is 4.98 Å². The molecule has 5 heteroatoms. The highest BCUT2D eigenvalue weighted by molar-refractivity contribution is 5.79. The van der Waals surface area contributed by atoms with E-state index >= 15 is 0 Å².